The number of fused-ring (bicyclic) bond motifs is 9. The van der Waals surface area contributed by atoms with Crippen LogP contribution in [0.15, 0.2) is 133 Å². The minimum atomic E-state index is -1.17. The van der Waals surface area contributed by atoms with E-state index >= 15 is 0 Å². The van der Waals surface area contributed by atoms with Crippen LogP contribution in [-0.4, -0.2) is 212 Å². The highest BCUT2D eigenvalue weighted by molar-refractivity contribution is 5.99. The fourth-order valence-corrected chi connectivity index (χ4v) is 13.3. The number of carboxylic acid groups (broad SMARTS) is 1. The molecule has 9 amide bonds. The smallest absolute Gasteiger partial charge is 0.307 e. The van der Waals surface area contributed by atoms with Crippen LogP contribution < -0.4 is 60.7 Å². The molecule has 6 aromatic carbocycles. The first-order valence-electron chi connectivity index (χ1n) is 36.5. The Bertz CT molecular complexity index is 4370. The summed E-state index contributed by atoms with van der Waals surface area (Å²) in [5, 5.41) is 23.6. The lowest BCUT2D eigenvalue weighted by Crippen LogP contribution is -2.59. The van der Waals surface area contributed by atoms with Gasteiger partial charge < -0.3 is 85.4 Å². The molecule has 11 rings (SSSR count). The molecule has 0 unspecified atom stereocenters. The highest BCUT2D eigenvalue weighted by Gasteiger charge is 2.40. The first-order chi connectivity index (χ1) is 52.7. The molecular formula is C82H100N10O19. The molecule has 1 saturated heterocycles. The van der Waals surface area contributed by atoms with Crippen molar-refractivity contribution in [2.45, 2.75) is 153 Å². The number of benzene rings is 6. The van der Waals surface area contributed by atoms with Crippen molar-refractivity contribution in [3.63, 3.8) is 0 Å². The minimum absolute atomic E-state index is 0.0191. The summed E-state index contributed by atoms with van der Waals surface area (Å²) in [7, 11) is 11.9. The number of nitrogens with two attached hydrogens (primary N) is 1. The molecule has 12 atom stereocenters. The van der Waals surface area contributed by atoms with E-state index < -0.39 is 137 Å². The van der Waals surface area contributed by atoms with E-state index in [-0.39, 0.29) is 57.1 Å². The molecule has 592 valence electrons. The zero-order chi connectivity index (χ0) is 81.2. The molecule has 10 bridgehead atoms. The molecule has 5 aliphatic rings. The van der Waals surface area contributed by atoms with Crippen molar-refractivity contribution in [2.24, 2.45) is 17.6 Å². The summed E-state index contributed by atoms with van der Waals surface area (Å²) in [5.41, 5.74) is 9.76. The van der Waals surface area contributed by atoms with Crippen molar-refractivity contribution in [3.05, 3.63) is 167 Å². The molecular weight excluding hydrogens is 1430 g/mol. The van der Waals surface area contributed by atoms with Gasteiger partial charge in [-0.25, -0.2) is 0 Å². The molecule has 0 saturated carbocycles. The highest BCUT2D eigenvalue weighted by atomic mass is 16.5. The van der Waals surface area contributed by atoms with Crippen LogP contribution in [0.25, 0.3) is 0 Å². The van der Waals surface area contributed by atoms with E-state index in [0.29, 0.717) is 73.8 Å². The number of ether oxygens (including phenoxy) is 6. The van der Waals surface area contributed by atoms with E-state index in [1.165, 1.54) is 118 Å². The van der Waals surface area contributed by atoms with Gasteiger partial charge >= 0.3 is 5.97 Å². The van der Waals surface area contributed by atoms with Crippen LogP contribution in [-0.2, 0) is 96.1 Å². The average molecular weight is 1530 g/mol. The van der Waals surface area contributed by atoms with Crippen LogP contribution in [0.2, 0.25) is 0 Å². The van der Waals surface area contributed by atoms with Crippen LogP contribution in [0.3, 0.4) is 0 Å². The number of likely N-dealkylation sites (N-methyl/N-ethyl adjacent to an activating group) is 4. The first-order valence-corrected chi connectivity index (χ1v) is 36.5. The SMILES string of the molecule is COc1ccc(C[C@@H](C(=O)N[C@@H](C)C(=O)N(C)[C@H]2Cc3ccc(cc3)Oc3cc(ccc3OC)C[C@@H](C(=O)O)CC2=O)N(C)C(=O)[C@H](C)NC(=O)[C@@H](C)N)cc1.COc1ccc(C[C@H]2C(=O)N[C@@H](C)C(=O)N(C)[C@H]3Cc4ccc(cc4)Oc4cc(ccc4OC)C[C@H](CC3=O)C(=O)N[C@H](C)C(=O)N[C@@H](C)C(=O)N2C)cc1. The second-order valence-electron chi connectivity index (χ2n) is 28.3. The number of hydrogen-bond donors (Lipinski definition) is 7. The summed E-state index contributed by atoms with van der Waals surface area (Å²) in [5.74, 6) is -5.43. The molecule has 111 heavy (non-hydrogen) atoms. The predicted octanol–water partition coefficient (Wildman–Crippen LogP) is 5.10. The van der Waals surface area contributed by atoms with Gasteiger partial charge in [0.2, 0.25) is 53.2 Å². The Morgan fingerprint density at radius 1 is 0.532 bits per heavy atom. The third kappa shape index (κ3) is 22.2. The highest BCUT2D eigenvalue weighted by Crippen LogP contribution is 2.37. The number of carbonyl (C=O) groups is 12. The lowest BCUT2D eigenvalue weighted by atomic mass is 9.88. The summed E-state index contributed by atoms with van der Waals surface area (Å²) in [6.45, 7) is 8.92. The van der Waals surface area contributed by atoms with Crippen molar-refractivity contribution in [1.82, 2.24) is 46.2 Å². The number of amides is 9. The fraction of sp³-hybridized carbons (Fsp3) is 0.415. The zero-order valence-corrected chi connectivity index (χ0v) is 64.9. The van der Waals surface area contributed by atoms with Crippen molar-refractivity contribution in [1.29, 1.82) is 0 Å². The number of ketones is 2. The number of rotatable bonds is 17. The van der Waals surface area contributed by atoms with Crippen LogP contribution in [0.5, 0.6) is 46.0 Å². The average Bonchev–Trinajstić information content (AvgIpc) is 0.845. The lowest BCUT2D eigenvalue weighted by Gasteiger charge is -2.33. The van der Waals surface area contributed by atoms with Gasteiger partial charge in [0, 0.05) is 59.8 Å². The number of nitrogens with zero attached hydrogens (tertiary/aromatic N) is 4. The maximum Gasteiger partial charge on any atom is 0.307 e. The first kappa shape index (κ1) is 84.7. The largest absolute Gasteiger partial charge is 0.497 e. The van der Waals surface area contributed by atoms with Gasteiger partial charge in [0.1, 0.15) is 65.3 Å². The Kier molecular flexibility index (Phi) is 29.4. The Labute approximate surface area is 645 Å². The molecule has 1 fully saturated rings. The van der Waals surface area contributed by atoms with Crippen LogP contribution in [0, 0.1) is 11.8 Å². The molecule has 5 aliphatic heterocycles. The molecule has 0 spiro atoms. The standard InChI is InChI=1S/C41H51N5O10.C41H49N5O9/c1-23(42)37(48)43-24(2)40(51)46(5)33(20-27-8-13-30(54-6)14-9-27)38(49)44-25(3)39(50)45(4)32-19-26-10-15-31(16-11-26)56-36-21-28(12-17-35(36)55-7)18-29(41(52)53)22-34(32)47;1-23-37(48)43-24(2)41(52)46(5)33(20-27-8-13-30(53-6)14-9-27)39(50)44-25(3)40(51)45(4)32-19-26-10-15-31(16-11-26)55-36-21-28(12-17-35(36)54-7)18-29(22-34(32)47)38(49)42-23/h8-17,21,23-25,29,32-33H,18-20,22,42H2,1-7H3,(H,43,48)(H,44,49)(H,52,53);8-17,21,23-25,29,32-33H,18-20,22H2,1-7H3,(H,42,49)(H,43,48)(H,44,50)/t2*23-,24+,25+,29-,32+,33+/m11/s1. The van der Waals surface area contributed by atoms with Crippen molar-refractivity contribution < 1.29 is 91.1 Å². The van der Waals surface area contributed by atoms with Crippen molar-refractivity contribution >= 4 is 70.7 Å². The van der Waals surface area contributed by atoms with E-state index in [0.717, 1.165) is 5.56 Å². The Morgan fingerprint density at radius 3 is 1.51 bits per heavy atom. The number of methoxy groups -OCH3 is 4. The summed E-state index contributed by atoms with van der Waals surface area (Å²) in [6, 6.07) is 27.6. The number of nitrogens with one attached hydrogen (secondary N) is 5. The van der Waals surface area contributed by atoms with Gasteiger partial charge in [-0.15, -0.1) is 0 Å². The van der Waals surface area contributed by atoms with E-state index in [4.69, 9.17) is 34.2 Å². The number of carbonyl (C=O) groups excluding carboxylic acids is 11. The van der Waals surface area contributed by atoms with Crippen LogP contribution in [0.1, 0.15) is 87.8 Å². The third-order valence-electron chi connectivity index (χ3n) is 20.1. The van der Waals surface area contributed by atoms with Gasteiger partial charge in [0.25, 0.3) is 0 Å². The summed E-state index contributed by atoms with van der Waals surface area (Å²) >= 11 is 0. The van der Waals surface area contributed by atoms with Gasteiger partial charge in [0.05, 0.1) is 52.5 Å². The molecule has 29 nitrogen and oxygen atoms in total. The monoisotopic (exact) mass is 1530 g/mol. The normalized spacial score (nSPS) is 20.9. The molecule has 29 heteroatoms. The van der Waals surface area contributed by atoms with Gasteiger partial charge in [-0.2, -0.15) is 0 Å². The van der Waals surface area contributed by atoms with Gasteiger partial charge in [-0.05, 0) is 173 Å². The van der Waals surface area contributed by atoms with Gasteiger partial charge in [0.15, 0.2) is 34.6 Å². The second-order valence-corrected chi connectivity index (χ2v) is 28.3. The van der Waals surface area contributed by atoms with Crippen LogP contribution in [0.4, 0.5) is 0 Å². The molecule has 0 aliphatic carbocycles. The van der Waals surface area contributed by atoms with Crippen molar-refractivity contribution in [2.75, 3.05) is 56.6 Å². The Hall–Kier alpha value is -11.9. The number of aliphatic carboxylic acids is 1. The predicted molar refractivity (Wildman–Crippen MR) is 409 cm³/mol. The van der Waals surface area contributed by atoms with Gasteiger partial charge in [-0.1, -0.05) is 60.7 Å². The summed E-state index contributed by atoms with van der Waals surface area (Å²) in [6.07, 6.45) is -0.221. The van der Waals surface area contributed by atoms with Crippen LogP contribution >= 0.6 is 0 Å². The topological polar surface area (TPSA) is 380 Å². The summed E-state index contributed by atoms with van der Waals surface area (Å²) in [4.78, 5) is 169. The molecule has 6 aromatic rings. The zero-order valence-electron chi connectivity index (χ0n) is 64.9. The summed E-state index contributed by atoms with van der Waals surface area (Å²) < 4.78 is 33.7. The Morgan fingerprint density at radius 2 is 1.00 bits per heavy atom. The van der Waals surface area contributed by atoms with E-state index in [1.54, 1.807) is 133 Å². The molecule has 8 N–H and O–H groups in total. The van der Waals surface area contributed by atoms with E-state index in [1.807, 2.05) is 0 Å². The number of Topliss-reactive ketones (excluding diaryl/α,β-unsaturated/α-hetero) is 2. The molecule has 0 aromatic heterocycles. The second kappa shape index (κ2) is 38.5. The minimum Gasteiger partial charge on any atom is -0.497 e. The molecule has 0 radical (unpaired) electrons. The quantitative estimate of drug-likeness (QED) is 0.0624. The number of carboxylic acids is 1. The van der Waals surface area contributed by atoms with E-state index in [2.05, 4.69) is 26.6 Å². The van der Waals surface area contributed by atoms with Crippen molar-refractivity contribution in [3.8, 4) is 46.0 Å². The third-order valence-corrected chi connectivity index (χ3v) is 20.1. The fourth-order valence-electron chi connectivity index (χ4n) is 13.3. The van der Waals surface area contributed by atoms with E-state index in [9.17, 15) is 62.6 Å². The maximum atomic E-state index is 14.4. The van der Waals surface area contributed by atoms with Gasteiger partial charge in [-0.3, -0.25) is 57.5 Å². The lowest BCUT2D eigenvalue weighted by molar-refractivity contribution is -0.146. The molecule has 5 heterocycles. The Balaban J connectivity index is 0.000000279. The maximum absolute atomic E-state index is 14.4. The number of hydrogen-bond acceptors (Lipinski definition) is 19.